The monoisotopic (exact) mass is 404 g/mol. The third kappa shape index (κ3) is 3.50. The van der Waals surface area contributed by atoms with Crippen molar-refractivity contribution in [2.24, 2.45) is 0 Å². The minimum absolute atomic E-state index is 0.795. The molecule has 0 bridgehead atoms. The van der Waals surface area contributed by atoms with Gasteiger partial charge in [0.15, 0.2) is 4.96 Å². The van der Waals surface area contributed by atoms with Crippen molar-refractivity contribution in [2.45, 2.75) is 13.8 Å². The summed E-state index contributed by atoms with van der Waals surface area (Å²) >= 11 is 1.65. The predicted octanol–water partition coefficient (Wildman–Crippen LogP) is 5.26. The van der Waals surface area contributed by atoms with E-state index >= 15 is 0 Å². The lowest BCUT2D eigenvalue weighted by atomic mass is 10.1. The number of ether oxygens (including phenoxy) is 1. The van der Waals surface area contributed by atoms with Gasteiger partial charge in [-0.2, -0.15) is 0 Å². The lowest BCUT2D eigenvalue weighted by Gasteiger charge is -2.28. The Morgan fingerprint density at radius 1 is 1.00 bits per heavy atom. The third-order valence-electron chi connectivity index (χ3n) is 5.55. The van der Waals surface area contributed by atoms with Gasteiger partial charge in [-0.1, -0.05) is 18.2 Å². The Bertz CT molecular complexity index is 1140. The van der Waals surface area contributed by atoms with Crippen molar-refractivity contribution in [2.75, 3.05) is 36.5 Å². The van der Waals surface area contributed by atoms with E-state index in [0.717, 1.165) is 54.0 Å². The maximum Gasteiger partial charge on any atom is 0.195 e. The van der Waals surface area contributed by atoms with Gasteiger partial charge in [0.05, 0.1) is 13.2 Å². The molecule has 29 heavy (non-hydrogen) atoms. The molecule has 3 heterocycles. The zero-order valence-electron chi connectivity index (χ0n) is 16.7. The van der Waals surface area contributed by atoms with Gasteiger partial charge in [-0.25, -0.2) is 4.98 Å². The molecular formula is C23H24N4OS. The summed E-state index contributed by atoms with van der Waals surface area (Å²) in [7, 11) is 0. The molecule has 1 fully saturated rings. The van der Waals surface area contributed by atoms with Crippen LogP contribution in [0.4, 0.5) is 17.2 Å². The normalized spacial score (nSPS) is 14.5. The van der Waals surface area contributed by atoms with E-state index in [2.05, 4.69) is 82.5 Å². The molecule has 148 valence electrons. The van der Waals surface area contributed by atoms with E-state index in [1.807, 2.05) is 0 Å². The van der Waals surface area contributed by atoms with Gasteiger partial charge < -0.3 is 15.0 Å². The third-order valence-corrected chi connectivity index (χ3v) is 6.31. The molecule has 5 nitrogen and oxygen atoms in total. The Morgan fingerprint density at radius 2 is 1.79 bits per heavy atom. The molecule has 2 aromatic heterocycles. The first-order valence-corrected chi connectivity index (χ1v) is 10.8. The van der Waals surface area contributed by atoms with Gasteiger partial charge >= 0.3 is 0 Å². The lowest BCUT2D eigenvalue weighted by Crippen LogP contribution is -2.36. The van der Waals surface area contributed by atoms with Gasteiger partial charge in [0, 0.05) is 41.6 Å². The predicted molar refractivity (Wildman–Crippen MR) is 121 cm³/mol. The van der Waals surface area contributed by atoms with E-state index in [1.165, 1.54) is 16.8 Å². The van der Waals surface area contributed by atoms with Crippen LogP contribution in [0.2, 0.25) is 0 Å². The standard InChI is InChI=1S/C23H24N4OS/c1-16-3-6-19(15-17(16)2)24-22-21(25-23-27(22)11-14-29-23)18-4-7-20(8-5-18)26-9-12-28-13-10-26/h3-8,11,14-15,24H,9-10,12-13H2,1-2H3. The second-order valence-electron chi connectivity index (χ2n) is 7.43. The number of hydrogen-bond donors (Lipinski definition) is 1. The van der Waals surface area contributed by atoms with E-state index in [4.69, 9.17) is 9.72 Å². The second kappa shape index (κ2) is 7.54. The number of morpholine rings is 1. The summed E-state index contributed by atoms with van der Waals surface area (Å²) in [6, 6.07) is 15.2. The summed E-state index contributed by atoms with van der Waals surface area (Å²) in [4.78, 5) is 8.26. The smallest absolute Gasteiger partial charge is 0.195 e. The van der Waals surface area contributed by atoms with Gasteiger partial charge in [-0.15, -0.1) is 11.3 Å². The Morgan fingerprint density at radius 3 is 2.55 bits per heavy atom. The topological polar surface area (TPSA) is 41.8 Å². The molecule has 1 aliphatic heterocycles. The quantitative estimate of drug-likeness (QED) is 0.504. The molecule has 0 atom stereocenters. The molecule has 1 aliphatic rings. The fraction of sp³-hybridized carbons (Fsp3) is 0.261. The van der Waals surface area contributed by atoms with E-state index in [-0.39, 0.29) is 0 Å². The van der Waals surface area contributed by atoms with Crippen molar-refractivity contribution in [1.29, 1.82) is 0 Å². The zero-order chi connectivity index (χ0) is 19.8. The van der Waals surface area contributed by atoms with Crippen LogP contribution in [0, 0.1) is 13.8 Å². The first kappa shape index (κ1) is 18.2. The highest BCUT2D eigenvalue weighted by atomic mass is 32.1. The van der Waals surface area contributed by atoms with Crippen LogP contribution in [-0.2, 0) is 4.74 Å². The number of anilines is 3. The van der Waals surface area contributed by atoms with Crippen molar-refractivity contribution < 1.29 is 4.74 Å². The Kier molecular flexibility index (Phi) is 4.73. The number of imidazole rings is 1. The van der Waals surface area contributed by atoms with Gasteiger partial charge in [0.1, 0.15) is 11.5 Å². The molecule has 1 N–H and O–H groups in total. The average molecular weight is 405 g/mol. The Balaban J connectivity index is 1.50. The summed E-state index contributed by atoms with van der Waals surface area (Å²) in [5, 5.41) is 5.67. The van der Waals surface area contributed by atoms with Crippen molar-refractivity contribution in [1.82, 2.24) is 9.38 Å². The fourth-order valence-corrected chi connectivity index (χ4v) is 4.43. The number of benzene rings is 2. The maximum absolute atomic E-state index is 5.47. The molecule has 0 amide bonds. The number of nitrogens with one attached hydrogen (secondary N) is 1. The molecule has 0 saturated carbocycles. The van der Waals surface area contributed by atoms with Crippen LogP contribution in [0.25, 0.3) is 16.2 Å². The van der Waals surface area contributed by atoms with Crippen molar-refractivity contribution in [3.63, 3.8) is 0 Å². The van der Waals surface area contributed by atoms with Gasteiger partial charge in [0.25, 0.3) is 0 Å². The van der Waals surface area contributed by atoms with E-state index in [0.29, 0.717) is 0 Å². The SMILES string of the molecule is Cc1ccc(Nc2c(-c3ccc(N4CCOCC4)cc3)nc3sccn23)cc1C. The van der Waals surface area contributed by atoms with E-state index in [1.54, 1.807) is 11.3 Å². The Labute approximate surface area is 174 Å². The number of rotatable bonds is 4. The van der Waals surface area contributed by atoms with Gasteiger partial charge in [-0.3, -0.25) is 4.40 Å². The summed E-state index contributed by atoms with van der Waals surface area (Å²) in [5.41, 5.74) is 6.97. The number of thiazole rings is 1. The maximum atomic E-state index is 5.47. The van der Waals surface area contributed by atoms with Crippen molar-refractivity contribution >= 4 is 33.5 Å². The molecule has 0 radical (unpaired) electrons. The number of fused-ring (bicyclic) bond motifs is 1. The van der Waals surface area contributed by atoms with Crippen LogP contribution in [0.3, 0.4) is 0 Å². The highest BCUT2D eigenvalue weighted by Crippen LogP contribution is 2.34. The second-order valence-corrected chi connectivity index (χ2v) is 8.31. The summed E-state index contributed by atoms with van der Waals surface area (Å²) in [5.74, 6) is 1.00. The minimum Gasteiger partial charge on any atom is -0.378 e. The largest absolute Gasteiger partial charge is 0.378 e. The summed E-state index contributed by atoms with van der Waals surface area (Å²) < 4.78 is 7.60. The molecule has 0 aliphatic carbocycles. The highest BCUT2D eigenvalue weighted by Gasteiger charge is 2.17. The lowest BCUT2D eigenvalue weighted by molar-refractivity contribution is 0.122. The number of aryl methyl sites for hydroxylation is 2. The first-order valence-electron chi connectivity index (χ1n) is 9.92. The summed E-state index contributed by atoms with van der Waals surface area (Å²) in [6.45, 7) is 7.75. The molecule has 1 saturated heterocycles. The molecule has 0 spiro atoms. The number of aromatic nitrogens is 2. The minimum atomic E-state index is 0.795. The van der Waals surface area contributed by atoms with E-state index in [9.17, 15) is 0 Å². The summed E-state index contributed by atoms with van der Waals surface area (Å²) in [6.07, 6.45) is 2.07. The van der Waals surface area contributed by atoms with Gasteiger partial charge in [0.2, 0.25) is 0 Å². The molecule has 0 unspecified atom stereocenters. The first-order chi connectivity index (χ1) is 14.2. The van der Waals surface area contributed by atoms with Gasteiger partial charge in [-0.05, 0) is 49.2 Å². The molecule has 2 aromatic carbocycles. The van der Waals surface area contributed by atoms with Crippen molar-refractivity contribution in [3.8, 4) is 11.3 Å². The molecule has 4 aromatic rings. The van der Waals surface area contributed by atoms with Crippen LogP contribution in [-0.4, -0.2) is 35.7 Å². The molecule has 6 heteroatoms. The van der Waals surface area contributed by atoms with Crippen LogP contribution < -0.4 is 10.2 Å². The molecule has 5 rings (SSSR count). The molecular weight excluding hydrogens is 380 g/mol. The number of hydrogen-bond acceptors (Lipinski definition) is 5. The fourth-order valence-electron chi connectivity index (χ4n) is 3.71. The van der Waals surface area contributed by atoms with Crippen LogP contribution in [0.1, 0.15) is 11.1 Å². The van der Waals surface area contributed by atoms with Crippen LogP contribution in [0.15, 0.2) is 54.0 Å². The van der Waals surface area contributed by atoms with E-state index < -0.39 is 0 Å². The Hall–Kier alpha value is -2.83. The van der Waals surface area contributed by atoms with Crippen LogP contribution >= 0.6 is 11.3 Å². The zero-order valence-corrected chi connectivity index (χ0v) is 17.5. The average Bonchev–Trinajstić information content (AvgIpc) is 3.34. The van der Waals surface area contributed by atoms with Crippen molar-refractivity contribution in [3.05, 3.63) is 65.2 Å². The number of nitrogens with zero attached hydrogens (tertiary/aromatic N) is 3. The highest BCUT2D eigenvalue weighted by molar-refractivity contribution is 7.15. The van der Waals surface area contributed by atoms with Crippen LogP contribution in [0.5, 0.6) is 0 Å².